The molecule has 7 heteroatoms. The van der Waals surface area contributed by atoms with Crippen molar-refractivity contribution in [1.29, 1.82) is 0 Å². The molecule has 0 radical (unpaired) electrons. The van der Waals surface area contributed by atoms with Crippen molar-refractivity contribution in [3.05, 3.63) is 58.1 Å². The van der Waals surface area contributed by atoms with Crippen LogP contribution in [0.15, 0.2) is 42.5 Å². The fourth-order valence-corrected chi connectivity index (χ4v) is 3.03. The lowest BCUT2D eigenvalue weighted by Gasteiger charge is -2.15. The van der Waals surface area contributed by atoms with E-state index >= 15 is 0 Å². The number of nitrogens with one attached hydrogen (secondary N) is 1. The van der Waals surface area contributed by atoms with Crippen molar-refractivity contribution in [2.24, 2.45) is 0 Å². The molecule has 0 spiro atoms. The molecule has 0 bridgehead atoms. The van der Waals surface area contributed by atoms with E-state index in [2.05, 4.69) is 5.32 Å². The van der Waals surface area contributed by atoms with Gasteiger partial charge >= 0.3 is 0 Å². The summed E-state index contributed by atoms with van der Waals surface area (Å²) in [6.07, 6.45) is 1.33. The highest BCUT2D eigenvalue weighted by atomic mass is 35.5. The van der Waals surface area contributed by atoms with Gasteiger partial charge in [-0.3, -0.25) is 9.59 Å². The molecule has 2 aromatic carbocycles. The van der Waals surface area contributed by atoms with E-state index in [0.29, 0.717) is 41.1 Å². The van der Waals surface area contributed by atoms with Gasteiger partial charge < -0.3 is 15.0 Å². The van der Waals surface area contributed by atoms with Crippen molar-refractivity contribution in [3.8, 4) is 5.75 Å². The largest absolute Gasteiger partial charge is 0.489 e. The van der Waals surface area contributed by atoms with Gasteiger partial charge in [-0.15, -0.1) is 0 Å². The number of carbonyl (C=O) groups is 2. The van der Waals surface area contributed by atoms with Crippen molar-refractivity contribution >= 4 is 40.7 Å². The van der Waals surface area contributed by atoms with E-state index < -0.39 is 0 Å². The van der Waals surface area contributed by atoms with Crippen molar-refractivity contribution in [3.63, 3.8) is 0 Å². The van der Waals surface area contributed by atoms with Gasteiger partial charge in [0.15, 0.2) is 0 Å². The lowest BCUT2D eigenvalue weighted by molar-refractivity contribution is -0.131. The number of rotatable bonds is 6. The van der Waals surface area contributed by atoms with E-state index in [1.54, 1.807) is 41.3 Å². The zero-order valence-electron chi connectivity index (χ0n) is 14.0. The van der Waals surface area contributed by atoms with Crippen molar-refractivity contribution in [2.75, 3.05) is 18.4 Å². The highest BCUT2D eigenvalue weighted by Crippen LogP contribution is 2.24. The third-order valence-corrected chi connectivity index (χ3v) is 4.75. The van der Waals surface area contributed by atoms with E-state index in [0.717, 1.165) is 12.0 Å². The highest BCUT2D eigenvalue weighted by molar-refractivity contribution is 6.42. The third-order valence-electron chi connectivity index (χ3n) is 4.01. The molecule has 1 saturated heterocycles. The van der Waals surface area contributed by atoms with E-state index in [9.17, 15) is 9.59 Å². The molecule has 1 aliphatic heterocycles. The summed E-state index contributed by atoms with van der Waals surface area (Å²) < 4.78 is 5.74. The van der Waals surface area contributed by atoms with Crippen molar-refractivity contribution in [1.82, 2.24) is 4.90 Å². The summed E-state index contributed by atoms with van der Waals surface area (Å²) in [4.78, 5) is 25.3. The Hall–Kier alpha value is -2.24. The Bertz CT molecular complexity index is 826. The number of benzene rings is 2. The molecular formula is C19H18Cl2N2O3. The van der Waals surface area contributed by atoms with Crippen LogP contribution in [0.4, 0.5) is 5.69 Å². The first-order valence-electron chi connectivity index (χ1n) is 8.26. The summed E-state index contributed by atoms with van der Waals surface area (Å²) in [6, 6.07) is 12.4. The Kier molecular flexibility index (Phi) is 6.01. The van der Waals surface area contributed by atoms with Gasteiger partial charge in [0.05, 0.1) is 16.6 Å². The van der Waals surface area contributed by atoms with E-state index in [4.69, 9.17) is 27.9 Å². The molecule has 0 aromatic heterocycles. The Balaban J connectivity index is 1.56. The summed E-state index contributed by atoms with van der Waals surface area (Å²) in [6.45, 7) is 1.04. The van der Waals surface area contributed by atoms with Crippen LogP contribution in [-0.4, -0.2) is 29.8 Å². The average Bonchev–Trinajstić information content (AvgIpc) is 3.01. The second-order valence-corrected chi connectivity index (χ2v) is 6.85. The van der Waals surface area contributed by atoms with Crippen LogP contribution in [0, 0.1) is 0 Å². The minimum absolute atomic E-state index is 0.0267. The number of nitrogens with zero attached hydrogens (tertiary/aromatic N) is 1. The van der Waals surface area contributed by atoms with Gasteiger partial charge in [0.2, 0.25) is 11.8 Å². The number of carbonyl (C=O) groups excluding carboxylic acids is 2. The Morgan fingerprint density at radius 2 is 2.00 bits per heavy atom. The smallest absolute Gasteiger partial charge is 0.243 e. The van der Waals surface area contributed by atoms with Crippen LogP contribution < -0.4 is 10.1 Å². The minimum atomic E-state index is -0.220. The van der Waals surface area contributed by atoms with E-state index in [-0.39, 0.29) is 18.4 Å². The minimum Gasteiger partial charge on any atom is -0.489 e. The summed E-state index contributed by atoms with van der Waals surface area (Å²) in [5.74, 6) is 0.423. The maximum absolute atomic E-state index is 12.1. The first kappa shape index (κ1) is 18.5. The average molecular weight is 393 g/mol. The summed E-state index contributed by atoms with van der Waals surface area (Å²) >= 11 is 11.9. The van der Waals surface area contributed by atoms with Crippen LogP contribution in [0.3, 0.4) is 0 Å². The summed E-state index contributed by atoms with van der Waals surface area (Å²) in [5, 5.41) is 3.77. The normalized spacial score (nSPS) is 13.8. The molecule has 2 aromatic rings. The van der Waals surface area contributed by atoms with Gasteiger partial charge in [0, 0.05) is 24.7 Å². The van der Waals surface area contributed by atoms with Crippen LogP contribution >= 0.6 is 23.2 Å². The van der Waals surface area contributed by atoms with Crippen LogP contribution in [0.1, 0.15) is 18.4 Å². The van der Waals surface area contributed by atoms with Crippen LogP contribution in [0.5, 0.6) is 5.75 Å². The Morgan fingerprint density at radius 3 is 2.73 bits per heavy atom. The summed E-state index contributed by atoms with van der Waals surface area (Å²) in [5.41, 5.74) is 1.51. The topological polar surface area (TPSA) is 58.6 Å². The van der Waals surface area contributed by atoms with Gasteiger partial charge in [-0.1, -0.05) is 35.3 Å². The predicted octanol–water partition coefficient (Wildman–Crippen LogP) is 4.13. The second-order valence-electron chi connectivity index (χ2n) is 6.03. The Morgan fingerprint density at radius 1 is 1.15 bits per heavy atom. The quantitative estimate of drug-likeness (QED) is 0.803. The lowest BCUT2D eigenvalue weighted by Crippen LogP contribution is -2.33. The SMILES string of the molecule is O=C(CN1CCCC1=O)Nc1cccc(OCc2ccc(Cl)c(Cl)c2)c1. The number of amides is 2. The number of anilines is 1. The van der Waals surface area contributed by atoms with E-state index in [1.807, 2.05) is 6.07 Å². The Labute approximate surface area is 161 Å². The van der Waals surface area contributed by atoms with Crippen LogP contribution in [0.25, 0.3) is 0 Å². The molecule has 26 heavy (non-hydrogen) atoms. The fraction of sp³-hybridized carbons (Fsp3) is 0.263. The molecule has 1 aliphatic rings. The molecule has 0 atom stereocenters. The zero-order chi connectivity index (χ0) is 18.5. The molecule has 1 heterocycles. The predicted molar refractivity (Wildman–Crippen MR) is 102 cm³/mol. The van der Waals surface area contributed by atoms with Gasteiger partial charge in [-0.25, -0.2) is 0 Å². The van der Waals surface area contributed by atoms with Gasteiger partial charge in [0.1, 0.15) is 12.4 Å². The van der Waals surface area contributed by atoms with Gasteiger partial charge in [0.25, 0.3) is 0 Å². The van der Waals surface area contributed by atoms with Gasteiger partial charge in [-0.05, 0) is 36.2 Å². The monoisotopic (exact) mass is 392 g/mol. The third kappa shape index (κ3) is 4.90. The highest BCUT2D eigenvalue weighted by Gasteiger charge is 2.22. The number of halogens is 2. The number of ether oxygens (including phenoxy) is 1. The van der Waals surface area contributed by atoms with Crippen molar-refractivity contribution in [2.45, 2.75) is 19.4 Å². The molecule has 0 saturated carbocycles. The molecular weight excluding hydrogens is 375 g/mol. The molecule has 0 aliphatic carbocycles. The molecule has 2 amide bonds. The molecule has 1 N–H and O–H groups in total. The molecule has 136 valence electrons. The number of hydrogen-bond acceptors (Lipinski definition) is 3. The maximum atomic E-state index is 12.1. The number of likely N-dealkylation sites (tertiary alicyclic amines) is 1. The fourth-order valence-electron chi connectivity index (χ4n) is 2.70. The molecule has 5 nitrogen and oxygen atoms in total. The van der Waals surface area contributed by atoms with Crippen LogP contribution in [-0.2, 0) is 16.2 Å². The standard InChI is InChI=1S/C19H18Cl2N2O3/c20-16-7-6-13(9-17(16)21)12-26-15-4-1-3-14(10-15)22-18(24)11-23-8-2-5-19(23)25/h1,3-4,6-7,9-10H,2,5,8,11-12H2,(H,22,24). The van der Waals surface area contributed by atoms with Gasteiger partial charge in [-0.2, -0.15) is 0 Å². The summed E-state index contributed by atoms with van der Waals surface area (Å²) in [7, 11) is 0. The molecule has 1 fully saturated rings. The first-order chi connectivity index (χ1) is 12.5. The first-order valence-corrected chi connectivity index (χ1v) is 9.01. The molecule has 0 unspecified atom stereocenters. The maximum Gasteiger partial charge on any atom is 0.243 e. The molecule has 3 rings (SSSR count). The lowest BCUT2D eigenvalue weighted by atomic mass is 10.2. The van der Waals surface area contributed by atoms with Crippen molar-refractivity contribution < 1.29 is 14.3 Å². The second kappa shape index (κ2) is 8.43. The number of hydrogen-bond donors (Lipinski definition) is 1. The van der Waals surface area contributed by atoms with Crippen LogP contribution in [0.2, 0.25) is 10.0 Å². The zero-order valence-corrected chi connectivity index (χ0v) is 15.5. The van der Waals surface area contributed by atoms with E-state index in [1.165, 1.54) is 0 Å².